The lowest BCUT2D eigenvalue weighted by molar-refractivity contribution is 0.0727. The summed E-state index contributed by atoms with van der Waals surface area (Å²) in [6.45, 7) is 3.98. The molecule has 34 heavy (non-hydrogen) atoms. The molecule has 3 aromatic carbocycles. The fraction of sp³-hybridized carbons (Fsp3) is 0.167. The first-order chi connectivity index (χ1) is 16.2. The second kappa shape index (κ2) is 11.2. The summed E-state index contributed by atoms with van der Waals surface area (Å²) in [6, 6.07) is 16.1. The number of nitrogens with zero attached hydrogens (tertiary/aromatic N) is 1. The van der Waals surface area contributed by atoms with Gasteiger partial charge in [-0.05, 0) is 83.9 Å². The van der Waals surface area contributed by atoms with Crippen molar-refractivity contribution in [2.75, 3.05) is 13.7 Å². The lowest BCUT2D eigenvalue weighted by Gasteiger charge is -2.13. The van der Waals surface area contributed by atoms with Gasteiger partial charge in [0.25, 0.3) is 10.0 Å². The molecule has 0 aliphatic heterocycles. The molecule has 0 saturated carbocycles. The fourth-order valence-electron chi connectivity index (χ4n) is 2.84. The number of rotatable bonds is 9. The summed E-state index contributed by atoms with van der Waals surface area (Å²) in [5.74, 6) is 0.535. The van der Waals surface area contributed by atoms with Gasteiger partial charge >= 0.3 is 5.97 Å². The van der Waals surface area contributed by atoms with E-state index < -0.39 is 16.0 Å². The zero-order chi connectivity index (χ0) is 24.7. The number of benzene rings is 3. The summed E-state index contributed by atoms with van der Waals surface area (Å²) in [5, 5.41) is 3.85. The number of hydrazone groups is 1. The number of sulfonamides is 1. The van der Waals surface area contributed by atoms with Crippen molar-refractivity contribution in [3.63, 3.8) is 0 Å². The number of hydrogen-bond acceptors (Lipinski definition) is 7. The molecule has 0 aromatic heterocycles. The molecule has 0 atom stereocenters. The number of nitrogens with one attached hydrogen (secondary N) is 1. The molecule has 0 amide bonds. The van der Waals surface area contributed by atoms with Gasteiger partial charge in [0.05, 0.1) is 34.9 Å². The smallest absolute Gasteiger partial charge is 0.343 e. The predicted octanol–water partition coefficient (Wildman–Crippen LogP) is 4.70. The molecule has 0 saturated heterocycles. The molecule has 1 N–H and O–H groups in total. The summed E-state index contributed by atoms with van der Waals surface area (Å²) in [4.78, 5) is 14.9. The van der Waals surface area contributed by atoms with Crippen LogP contribution in [0.1, 0.15) is 28.4 Å². The van der Waals surface area contributed by atoms with Gasteiger partial charge in [0.15, 0.2) is 11.5 Å². The van der Waals surface area contributed by atoms with Crippen LogP contribution in [0.25, 0.3) is 0 Å². The Hall–Kier alpha value is -3.37. The first kappa shape index (κ1) is 25.3. The number of carbonyl (C=O) groups excluding carboxylic acids is 1. The Morgan fingerprint density at radius 1 is 1.09 bits per heavy atom. The van der Waals surface area contributed by atoms with Crippen molar-refractivity contribution in [3.8, 4) is 17.2 Å². The van der Waals surface area contributed by atoms with Gasteiger partial charge in [0.2, 0.25) is 0 Å². The third-order valence-corrected chi connectivity index (χ3v) is 6.40. The average molecular weight is 547 g/mol. The lowest BCUT2D eigenvalue weighted by Crippen LogP contribution is -2.18. The number of halogens is 1. The maximum atomic E-state index is 12.6. The van der Waals surface area contributed by atoms with Crippen LogP contribution in [-0.4, -0.2) is 34.3 Å². The molecule has 0 radical (unpaired) electrons. The van der Waals surface area contributed by atoms with Crippen LogP contribution in [0.4, 0.5) is 0 Å². The fourth-order valence-corrected chi connectivity index (χ4v) is 4.18. The summed E-state index contributed by atoms with van der Waals surface area (Å²) in [6.07, 6.45) is 1.33. The highest BCUT2D eigenvalue weighted by atomic mass is 79.9. The van der Waals surface area contributed by atoms with Gasteiger partial charge in [-0.1, -0.05) is 17.7 Å². The maximum absolute atomic E-state index is 12.6. The predicted molar refractivity (Wildman–Crippen MR) is 132 cm³/mol. The Morgan fingerprint density at radius 2 is 1.76 bits per heavy atom. The van der Waals surface area contributed by atoms with E-state index in [1.807, 2.05) is 6.92 Å². The number of methoxy groups -OCH3 is 1. The van der Waals surface area contributed by atoms with Crippen molar-refractivity contribution in [3.05, 3.63) is 81.8 Å². The highest BCUT2D eigenvalue weighted by Gasteiger charge is 2.18. The van der Waals surface area contributed by atoms with Gasteiger partial charge in [-0.2, -0.15) is 13.5 Å². The van der Waals surface area contributed by atoms with Gasteiger partial charge < -0.3 is 14.2 Å². The molecule has 10 heteroatoms. The minimum Gasteiger partial charge on any atom is -0.497 e. The van der Waals surface area contributed by atoms with Crippen LogP contribution in [0.15, 0.2) is 75.1 Å². The summed E-state index contributed by atoms with van der Waals surface area (Å²) in [7, 11) is -2.27. The molecule has 0 spiro atoms. The van der Waals surface area contributed by atoms with Crippen LogP contribution in [0, 0.1) is 6.92 Å². The zero-order valence-corrected chi connectivity index (χ0v) is 21.1. The Bertz CT molecular complexity index is 1290. The minimum absolute atomic E-state index is 0.104. The van der Waals surface area contributed by atoms with Crippen molar-refractivity contribution in [2.45, 2.75) is 18.7 Å². The molecule has 0 aliphatic carbocycles. The second-order valence-corrected chi connectivity index (χ2v) is 9.56. The number of aryl methyl sites for hydroxylation is 1. The van der Waals surface area contributed by atoms with Crippen LogP contribution in [0.2, 0.25) is 0 Å². The molecule has 0 unspecified atom stereocenters. The van der Waals surface area contributed by atoms with Crippen molar-refractivity contribution in [1.29, 1.82) is 0 Å². The normalized spacial score (nSPS) is 11.3. The molecule has 0 bridgehead atoms. The molecule has 3 rings (SSSR count). The Kier molecular flexibility index (Phi) is 8.30. The van der Waals surface area contributed by atoms with Gasteiger partial charge in [0, 0.05) is 0 Å². The number of carbonyl (C=O) groups is 1. The van der Waals surface area contributed by atoms with Crippen molar-refractivity contribution < 1.29 is 27.4 Å². The first-order valence-corrected chi connectivity index (χ1v) is 12.4. The molecular weight excluding hydrogens is 524 g/mol. The average Bonchev–Trinajstić information content (AvgIpc) is 2.81. The molecule has 3 aromatic rings. The Morgan fingerprint density at radius 3 is 2.38 bits per heavy atom. The van der Waals surface area contributed by atoms with Crippen LogP contribution in [0.5, 0.6) is 17.2 Å². The molecule has 0 fully saturated rings. The van der Waals surface area contributed by atoms with Crippen LogP contribution >= 0.6 is 15.9 Å². The molecule has 0 aliphatic rings. The Balaban J connectivity index is 1.79. The third kappa shape index (κ3) is 6.36. The monoisotopic (exact) mass is 546 g/mol. The zero-order valence-electron chi connectivity index (χ0n) is 18.7. The van der Waals surface area contributed by atoms with Crippen molar-refractivity contribution in [1.82, 2.24) is 4.83 Å². The van der Waals surface area contributed by atoms with Crippen molar-refractivity contribution >= 4 is 38.1 Å². The largest absolute Gasteiger partial charge is 0.497 e. The standard InChI is InChI=1S/C24H23BrN2O6S/c1-4-32-22-14-17(15-26-27-34(29,30)20-11-5-16(2)6-12-20)13-21(25)23(22)33-24(28)18-7-9-19(31-3)10-8-18/h5-15,27H,4H2,1-3H3/b26-15-. The van der Waals surface area contributed by atoms with Crippen LogP contribution < -0.4 is 19.0 Å². The van der Waals surface area contributed by atoms with E-state index in [0.717, 1.165) is 5.56 Å². The maximum Gasteiger partial charge on any atom is 0.343 e. The van der Waals surface area contributed by atoms with Gasteiger partial charge in [0.1, 0.15) is 5.75 Å². The van der Waals surface area contributed by atoms with E-state index in [1.165, 1.54) is 25.5 Å². The van der Waals surface area contributed by atoms with Gasteiger partial charge in [-0.15, -0.1) is 0 Å². The highest BCUT2D eigenvalue weighted by molar-refractivity contribution is 9.10. The lowest BCUT2D eigenvalue weighted by atomic mass is 10.2. The number of esters is 1. The topological polar surface area (TPSA) is 103 Å². The molecule has 8 nitrogen and oxygen atoms in total. The van der Waals surface area contributed by atoms with Crippen LogP contribution in [-0.2, 0) is 10.0 Å². The van der Waals surface area contributed by atoms with E-state index in [2.05, 4.69) is 25.9 Å². The van der Waals surface area contributed by atoms with Gasteiger partial charge in [-0.3, -0.25) is 0 Å². The Labute approximate surface area is 206 Å². The second-order valence-electron chi connectivity index (χ2n) is 7.05. The van der Waals surface area contributed by atoms with E-state index in [4.69, 9.17) is 14.2 Å². The summed E-state index contributed by atoms with van der Waals surface area (Å²) in [5.41, 5.74) is 1.81. The van der Waals surface area contributed by atoms with E-state index in [0.29, 0.717) is 33.7 Å². The molecule has 0 heterocycles. The molecular formula is C24H23BrN2O6S. The molecule has 178 valence electrons. The summed E-state index contributed by atoms with van der Waals surface area (Å²) < 4.78 is 41.5. The third-order valence-electron chi connectivity index (χ3n) is 4.57. The SMILES string of the molecule is CCOc1cc(/C=N\NS(=O)(=O)c2ccc(C)cc2)cc(Br)c1OC(=O)c1ccc(OC)cc1. The number of ether oxygens (including phenoxy) is 3. The highest BCUT2D eigenvalue weighted by Crippen LogP contribution is 2.37. The summed E-state index contributed by atoms with van der Waals surface area (Å²) >= 11 is 3.39. The van der Waals surface area contributed by atoms with Crippen molar-refractivity contribution in [2.24, 2.45) is 5.10 Å². The van der Waals surface area contributed by atoms with E-state index >= 15 is 0 Å². The van der Waals surface area contributed by atoms with E-state index in [9.17, 15) is 13.2 Å². The van der Waals surface area contributed by atoms with Crippen LogP contribution in [0.3, 0.4) is 0 Å². The first-order valence-electron chi connectivity index (χ1n) is 10.2. The van der Waals surface area contributed by atoms with Gasteiger partial charge in [-0.25, -0.2) is 9.63 Å². The number of hydrogen-bond donors (Lipinski definition) is 1. The quantitative estimate of drug-likeness (QED) is 0.180. The van der Waals surface area contributed by atoms with E-state index in [-0.39, 0.29) is 10.6 Å². The van der Waals surface area contributed by atoms with E-state index in [1.54, 1.807) is 55.5 Å². The minimum atomic E-state index is -3.81.